The van der Waals surface area contributed by atoms with E-state index in [0.29, 0.717) is 0 Å². The van der Waals surface area contributed by atoms with Crippen LogP contribution in [0.1, 0.15) is 41.5 Å². The Labute approximate surface area is 75.8 Å². The second-order valence-corrected chi connectivity index (χ2v) is 4.26. The number of allylic oxidation sites excluding steroid dienone is 1. The van der Waals surface area contributed by atoms with Crippen LogP contribution in [0.25, 0.3) is 0 Å². The van der Waals surface area contributed by atoms with Crippen molar-refractivity contribution in [1.82, 2.24) is 4.72 Å². The molecule has 0 atom stereocenters. The van der Waals surface area contributed by atoms with E-state index in [1.165, 1.54) is 0 Å². The van der Waals surface area contributed by atoms with Crippen LogP contribution in [0.5, 0.6) is 0 Å². The van der Waals surface area contributed by atoms with Crippen LogP contribution < -0.4 is 4.72 Å². The third-order valence-electron chi connectivity index (χ3n) is 0.531. The lowest BCUT2D eigenvalue weighted by Gasteiger charge is -2.18. The molecule has 0 amide bonds. The van der Waals surface area contributed by atoms with Gasteiger partial charge in [0.25, 0.3) is 0 Å². The van der Waals surface area contributed by atoms with Gasteiger partial charge in [0.05, 0.1) is 0 Å². The second-order valence-electron chi connectivity index (χ2n) is 3.16. The van der Waals surface area contributed by atoms with E-state index in [0.717, 1.165) is 4.91 Å². The fourth-order valence-electron chi connectivity index (χ4n) is 0.240. The zero-order valence-electron chi connectivity index (χ0n) is 8.62. The molecule has 0 aliphatic heterocycles. The van der Waals surface area contributed by atoms with Crippen LogP contribution in [0.3, 0.4) is 0 Å². The van der Waals surface area contributed by atoms with Gasteiger partial charge in [0.1, 0.15) is 0 Å². The van der Waals surface area contributed by atoms with E-state index >= 15 is 0 Å². The van der Waals surface area contributed by atoms with E-state index in [4.69, 9.17) is 0 Å². The first-order valence-electron chi connectivity index (χ1n) is 4.01. The summed E-state index contributed by atoms with van der Waals surface area (Å²) in [7, 11) is 0. The maximum atomic E-state index is 3.76. The minimum absolute atomic E-state index is 0.184. The molecule has 2 heteroatoms. The summed E-state index contributed by atoms with van der Waals surface area (Å²) in [5.74, 6) is 0. The van der Waals surface area contributed by atoms with E-state index in [2.05, 4.69) is 32.1 Å². The zero-order chi connectivity index (χ0) is 9.49. The average Bonchev–Trinajstić information content (AvgIpc) is 1.87. The number of nitrogens with one attached hydrogen (secondary N) is 1. The summed E-state index contributed by atoms with van der Waals surface area (Å²) in [6.07, 6.45) is 0. The Hall–Kier alpha value is 0.0500. The van der Waals surface area contributed by atoms with Crippen LogP contribution in [0, 0.1) is 0 Å². The van der Waals surface area contributed by atoms with Gasteiger partial charge in [0.2, 0.25) is 0 Å². The molecule has 0 rings (SSSR count). The van der Waals surface area contributed by atoms with Crippen LogP contribution in [0.4, 0.5) is 0 Å². The van der Waals surface area contributed by atoms with Crippen molar-refractivity contribution in [3.8, 4) is 0 Å². The van der Waals surface area contributed by atoms with Crippen molar-refractivity contribution in [3.05, 3.63) is 11.5 Å². The summed E-state index contributed by atoms with van der Waals surface area (Å²) >= 11 is 1.59. The van der Waals surface area contributed by atoms with Crippen LogP contribution in [0.2, 0.25) is 0 Å². The normalized spacial score (nSPS) is 10.0. The van der Waals surface area contributed by atoms with Crippen LogP contribution >= 0.6 is 11.9 Å². The lowest BCUT2D eigenvalue weighted by molar-refractivity contribution is 0.536. The Kier molecular flexibility index (Phi) is 8.35. The van der Waals surface area contributed by atoms with Gasteiger partial charge in [0.15, 0.2) is 0 Å². The quantitative estimate of drug-likeness (QED) is 0.644. The summed E-state index contributed by atoms with van der Waals surface area (Å²) in [5.41, 5.74) is 0.184. The lowest BCUT2D eigenvalue weighted by Crippen LogP contribution is -2.29. The SMILES string of the molecule is C=C(C)SNC(C)(C)C.CC. The first kappa shape index (κ1) is 13.6. The monoisotopic (exact) mass is 175 g/mol. The molecule has 0 radical (unpaired) electrons. The maximum absolute atomic E-state index is 3.76. The van der Waals surface area contributed by atoms with Crippen molar-refractivity contribution < 1.29 is 0 Å². The van der Waals surface area contributed by atoms with Gasteiger partial charge in [-0.1, -0.05) is 32.4 Å². The molecule has 0 bridgehead atoms. The molecular weight excluding hydrogens is 154 g/mol. The van der Waals surface area contributed by atoms with Gasteiger partial charge in [-0.3, -0.25) is 4.72 Å². The van der Waals surface area contributed by atoms with E-state index in [-0.39, 0.29) is 5.54 Å². The summed E-state index contributed by atoms with van der Waals surface area (Å²) in [5, 5.41) is 0. The molecule has 68 valence electrons. The minimum Gasteiger partial charge on any atom is -0.255 e. The molecule has 0 fully saturated rings. The number of hydrogen-bond acceptors (Lipinski definition) is 2. The standard InChI is InChI=1S/C7H15NS.C2H6/c1-6(2)9-8-7(3,4)5;1-2/h8H,1H2,2-5H3;1-2H3. The molecule has 0 aromatic rings. The Morgan fingerprint density at radius 3 is 1.73 bits per heavy atom. The first-order chi connectivity index (χ1) is 4.92. The van der Waals surface area contributed by atoms with Gasteiger partial charge in [-0.2, -0.15) is 0 Å². The number of hydrogen-bond donors (Lipinski definition) is 1. The largest absolute Gasteiger partial charge is 0.255 e. The lowest BCUT2D eigenvalue weighted by atomic mass is 10.1. The molecule has 0 heterocycles. The molecule has 0 saturated heterocycles. The van der Waals surface area contributed by atoms with E-state index in [9.17, 15) is 0 Å². The minimum atomic E-state index is 0.184. The highest BCUT2D eigenvalue weighted by Crippen LogP contribution is 2.12. The molecule has 0 spiro atoms. The predicted molar refractivity (Wildman–Crippen MR) is 56.6 cm³/mol. The third-order valence-corrected chi connectivity index (χ3v) is 1.59. The van der Waals surface area contributed by atoms with Crippen molar-refractivity contribution in [3.63, 3.8) is 0 Å². The summed E-state index contributed by atoms with van der Waals surface area (Å²) in [6.45, 7) is 16.1. The molecular formula is C9H21NS. The molecule has 0 aromatic heterocycles. The molecule has 11 heavy (non-hydrogen) atoms. The van der Waals surface area contributed by atoms with Crippen molar-refractivity contribution in [2.45, 2.75) is 47.1 Å². The van der Waals surface area contributed by atoms with Crippen LogP contribution in [0.15, 0.2) is 11.5 Å². The number of rotatable bonds is 2. The molecule has 1 N–H and O–H groups in total. The Morgan fingerprint density at radius 2 is 1.64 bits per heavy atom. The van der Waals surface area contributed by atoms with Crippen LogP contribution in [-0.4, -0.2) is 5.54 Å². The summed E-state index contributed by atoms with van der Waals surface area (Å²) in [6, 6.07) is 0. The average molecular weight is 175 g/mol. The van der Waals surface area contributed by atoms with E-state index in [1.54, 1.807) is 11.9 Å². The molecule has 0 aliphatic rings. The van der Waals surface area contributed by atoms with Crippen molar-refractivity contribution >= 4 is 11.9 Å². The van der Waals surface area contributed by atoms with Crippen molar-refractivity contribution in [1.29, 1.82) is 0 Å². The Balaban J connectivity index is 0. The van der Waals surface area contributed by atoms with E-state index < -0.39 is 0 Å². The molecule has 0 unspecified atom stereocenters. The van der Waals surface area contributed by atoms with Crippen molar-refractivity contribution in [2.24, 2.45) is 0 Å². The highest BCUT2D eigenvalue weighted by Gasteiger charge is 2.07. The predicted octanol–water partition coefficient (Wildman–Crippen LogP) is 3.58. The topological polar surface area (TPSA) is 12.0 Å². The Morgan fingerprint density at radius 1 is 1.27 bits per heavy atom. The summed E-state index contributed by atoms with van der Waals surface area (Å²) in [4.78, 5) is 1.10. The first-order valence-corrected chi connectivity index (χ1v) is 4.83. The Bertz CT molecular complexity index is 103. The van der Waals surface area contributed by atoms with Gasteiger partial charge >= 0.3 is 0 Å². The van der Waals surface area contributed by atoms with Gasteiger partial charge < -0.3 is 0 Å². The fraction of sp³-hybridized carbons (Fsp3) is 0.778. The van der Waals surface area contributed by atoms with Gasteiger partial charge in [-0.25, -0.2) is 0 Å². The van der Waals surface area contributed by atoms with Crippen molar-refractivity contribution in [2.75, 3.05) is 0 Å². The van der Waals surface area contributed by atoms with E-state index in [1.807, 2.05) is 20.8 Å². The van der Waals surface area contributed by atoms with Crippen LogP contribution in [-0.2, 0) is 0 Å². The van der Waals surface area contributed by atoms with Gasteiger partial charge in [-0.15, -0.1) is 0 Å². The highest BCUT2D eigenvalue weighted by atomic mass is 32.2. The second kappa shape index (κ2) is 6.74. The smallest absolute Gasteiger partial charge is 0.0201 e. The molecule has 0 aliphatic carbocycles. The third kappa shape index (κ3) is 17.8. The van der Waals surface area contributed by atoms with Gasteiger partial charge in [0, 0.05) is 5.54 Å². The molecule has 0 saturated carbocycles. The zero-order valence-corrected chi connectivity index (χ0v) is 9.43. The highest BCUT2D eigenvalue weighted by molar-refractivity contribution is 8.01. The molecule has 0 aromatic carbocycles. The summed E-state index contributed by atoms with van der Waals surface area (Å²) < 4.78 is 3.24. The van der Waals surface area contributed by atoms with Gasteiger partial charge in [-0.05, 0) is 32.6 Å². The molecule has 1 nitrogen and oxygen atoms in total. The maximum Gasteiger partial charge on any atom is 0.0201 e. The fourth-order valence-corrected chi connectivity index (χ4v) is 0.721.